The molecule has 1 rings (SSSR count). The van der Waals surface area contributed by atoms with Crippen LogP contribution < -0.4 is 5.73 Å². The van der Waals surface area contributed by atoms with Gasteiger partial charge in [0.2, 0.25) is 0 Å². The second-order valence-electron chi connectivity index (χ2n) is 3.47. The first-order chi connectivity index (χ1) is 6.33. The van der Waals surface area contributed by atoms with Gasteiger partial charge in [-0.3, -0.25) is 4.79 Å². The molecule has 1 fully saturated rings. The summed E-state index contributed by atoms with van der Waals surface area (Å²) in [5.74, 6) is -1.20. The van der Waals surface area contributed by atoms with Crippen LogP contribution in [-0.4, -0.2) is 24.8 Å². The van der Waals surface area contributed by atoms with Crippen LogP contribution in [0.5, 0.6) is 0 Å². The van der Waals surface area contributed by atoms with Gasteiger partial charge in [0.05, 0.1) is 6.61 Å². The van der Waals surface area contributed by atoms with Gasteiger partial charge >= 0.3 is 12.1 Å². The highest BCUT2D eigenvalue weighted by atomic mass is 19.4. The van der Waals surface area contributed by atoms with Gasteiger partial charge in [-0.25, -0.2) is 0 Å². The third-order valence-corrected chi connectivity index (χ3v) is 2.43. The van der Waals surface area contributed by atoms with E-state index in [4.69, 9.17) is 5.73 Å². The number of halogens is 3. The monoisotopic (exact) mass is 211 g/mol. The fraction of sp³-hybridized carbons (Fsp3) is 0.875. The van der Waals surface area contributed by atoms with Crippen molar-refractivity contribution in [3.05, 3.63) is 0 Å². The molecule has 1 aliphatic rings. The van der Waals surface area contributed by atoms with Crippen molar-refractivity contribution in [1.29, 1.82) is 0 Å². The van der Waals surface area contributed by atoms with Gasteiger partial charge < -0.3 is 10.5 Å². The molecule has 0 radical (unpaired) electrons. The van der Waals surface area contributed by atoms with Gasteiger partial charge in [-0.05, 0) is 19.8 Å². The van der Waals surface area contributed by atoms with E-state index in [0.29, 0.717) is 0 Å². The van der Waals surface area contributed by atoms with E-state index in [2.05, 4.69) is 4.74 Å². The van der Waals surface area contributed by atoms with Gasteiger partial charge in [0.1, 0.15) is 0 Å². The zero-order valence-electron chi connectivity index (χ0n) is 7.73. The predicted octanol–water partition coefficient (Wildman–Crippen LogP) is 1.22. The number of esters is 1. The molecule has 0 atom stereocenters. The maximum absolute atomic E-state index is 12.5. The van der Waals surface area contributed by atoms with Crippen LogP contribution in [-0.2, 0) is 9.53 Å². The molecule has 0 aromatic carbocycles. The summed E-state index contributed by atoms with van der Waals surface area (Å²) in [6.45, 7) is 1.42. The Bertz CT molecular complexity index is 233. The maximum atomic E-state index is 12.5. The zero-order valence-corrected chi connectivity index (χ0v) is 7.73. The number of carbonyl (C=O) groups excluding carboxylic acids is 1. The fourth-order valence-electron chi connectivity index (χ4n) is 1.62. The van der Waals surface area contributed by atoms with Gasteiger partial charge in [-0.1, -0.05) is 0 Å². The Kier molecular flexibility index (Phi) is 2.76. The third-order valence-electron chi connectivity index (χ3n) is 2.43. The molecule has 0 unspecified atom stereocenters. The number of nitrogens with two attached hydrogens (primary N) is 1. The van der Waals surface area contributed by atoms with Crippen LogP contribution in [0.2, 0.25) is 0 Å². The van der Waals surface area contributed by atoms with Crippen LogP contribution >= 0.6 is 0 Å². The molecule has 3 nitrogen and oxygen atoms in total. The number of rotatable bonds is 2. The van der Waals surface area contributed by atoms with Crippen molar-refractivity contribution in [2.45, 2.75) is 32.0 Å². The Hall–Kier alpha value is -0.780. The Morgan fingerprint density at radius 3 is 2.36 bits per heavy atom. The summed E-state index contributed by atoms with van der Waals surface area (Å²) in [4.78, 5) is 11.1. The second-order valence-corrected chi connectivity index (χ2v) is 3.47. The summed E-state index contributed by atoms with van der Waals surface area (Å²) in [7, 11) is 0. The lowest BCUT2D eigenvalue weighted by atomic mass is 9.65. The largest absolute Gasteiger partial charge is 0.465 e. The topological polar surface area (TPSA) is 52.3 Å². The molecule has 0 saturated heterocycles. The normalized spacial score (nSPS) is 32.2. The quantitative estimate of drug-likeness (QED) is 0.698. The molecular formula is C8H12F3NO2. The minimum Gasteiger partial charge on any atom is -0.465 e. The molecule has 0 aliphatic heterocycles. The van der Waals surface area contributed by atoms with Crippen LogP contribution in [0, 0.1) is 5.41 Å². The lowest BCUT2D eigenvalue weighted by Gasteiger charge is -2.44. The van der Waals surface area contributed by atoms with Crippen molar-refractivity contribution < 1.29 is 22.7 Å². The summed E-state index contributed by atoms with van der Waals surface area (Å²) < 4.78 is 42.0. The van der Waals surface area contributed by atoms with Crippen LogP contribution in [0.4, 0.5) is 13.2 Å². The highest BCUT2D eigenvalue weighted by Gasteiger charge is 2.67. The standard InChI is InChI=1S/C8H12F3NO2/c1-2-14-6(13)7(8(9,10)11)3-5(12)4-7/h5H,2-4,12H2,1H3. The number of alkyl halides is 3. The summed E-state index contributed by atoms with van der Waals surface area (Å²) >= 11 is 0. The Morgan fingerprint density at radius 1 is 1.57 bits per heavy atom. The Morgan fingerprint density at radius 2 is 2.07 bits per heavy atom. The minimum atomic E-state index is -4.56. The van der Waals surface area contributed by atoms with E-state index in [1.54, 1.807) is 0 Å². The minimum absolute atomic E-state index is 0.0497. The number of ether oxygens (including phenoxy) is 1. The van der Waals surface area contributed by atoms with Crippen LogP contribution in [0.3, 0.4) is 0 Å². The van der Waals surface area contributed by atoms with Crippen LogP contribution in [0.15, 0.2) is 0 Å². The first kappa shape index (κ1) is 11.3. The Balaban J connectivity index is 2.80. The van der Waals surface area contributed by atoms with Crippen molar-refractivity contribution in [2.24, 2.45) is 11.1 Å². The van der Waals surface area contributed by atoms with Gasteiger partial charge in [-0.2, -0.15) is 13.2 Å². The molecule has 0 spiro atoms. The fourth-order valence-corrected chi connectivity index (χ4v) is 1.62. The third kappa shape index (κ3) is 1.58. The summed E-state index contributed by atoms with van der Waals surface area (Å²) in [6, 6.07) is -0.555. The van der Waals surface area contributed by atoms with Crippen molar-refractivity contribution in [2.75, 3.05) is 6.61 Å². The van der Waals surface area contributed by atoms with Crippen LogP contribution in [0.1, 0.15) is 19.8 Å². The number of carbonyl (C=O) groups is 1. The van der Waals surface area contributed by atoms with Gasteiger partial charge in [0, 0.05) is 6.04 Å². The molecule has 0 aromatic heterocycles. The zero-order chi connectivity index (χ0) is 11.0. The van der Waals surface area contributed by atoms with Gasteiger partial charge in [-0.15, -0.1) is 0 Å². The second kappa shape index (κ2) is 3.42. The highest BCUT2D eigenvalue weighted by molar-refractivity contribution is 5.79. The molecule has 0 amide bonds. The molecule has 6 heteroatoms. The molecule has 0 aromatic rings. The van der Waals surface area contributed by atoms with E-state index in [-0.39, 0.29) is 19.4 Å². The molecule has 0 heterocycles. The summed E-state index contributed by atoms with van der Waals surface area (Å²) in [5.41, 5.74) is 2.93. The average molecular weight is 211 g/mol. The first-order valence-electron chi connectivity index (χ1n) is 4.33. The van der Waals surface area contributed by atoms with E-state index in [0.717, 1.165) is 0 Å². The van der Waals surface area contributed by atoms with Crippen LogP contribution in [0.25, 0.3) is 0 Å². The SMILES string of the molecule is CCOC(=O)C1(C(F)(F)F)CC(N)C1. The molecule has 82 valence electrons. The molecule has 14 heavy (non-hydrogen) atoms. The molecule has 0 bridgehead atoms. The highest BCUT2D eigenvalue weighted by Crippen LogP contribution is 2.53. The predicted molar refractivity (Wildman–Crippen MR) is 42.3 cm³/mol. The first-order valence-corrected chi connectivity index (χ1v) is 4.33. The van der Waals surface area contributed by atoms with E-state index in [1.165, 1.54) is 6.92 Å². The lowest BCUT2D eigenvalue weighted by molar-refractivity contribution is -0.258. The maximum Gasteiger partial charge on any atom is 0.405 e. The lowest BCUT2D eigenvalue weighted by Crippen LogP contribution is -2.59. The van der Waals surface area contributed by atoms with Gasteiger partial charge in [0.15, 0.2) is 5.41 Å². The average Bonchev–Trinajstić information content (AvgIpc) is 1.96. The van der Waals surface area contributed by atoms with Crippen molar-refractivity contribution in [3.8, 4) is 0 Å². The van der Waals surface area contributed by atoms with Crippen molar-refractivity contribution >= 4 is 5.97 Å². The van der Waals surface area contributed by atoms with Crippen molar-refractivity contribution in [1.82, 2.24) is 0 Å². The van der Waals surface area contributed by atoms with E-state index in [9.17, 15) is 18.0 Å². The molecular weight excluding hydrogens is 199 g/mol. The van der Waals surface area contributed by atoms with E-state index < -0.39 is 23.6 Å². The summed E-state index contributed by atoms with van der Waals surface area (Å²) in [5, 5.41) is 0. The van der Waals surface area contributed by atoms with E-state index in [1.807, 2.05) is 0 Å². The smallest absolute Gasteiger partial charge is 0.405 e. The number of hydrogen-bond donors (Lipinski definition) is 1. The van der Waals surface area contributed by atoms with E-state index >= 15 is 0 Å². The number of hydrogen-bond acceptors (Lipinski definition) is 3. The summed E-state index contributed by atoms with van der Waals surface area (Å²) in [6.07, 6.45) is -5.29. The van der Waals surface area contributed by atoms with Gasteiger partial charge in [0.25, 0.3) is 0 Å². The van der Waals surface area contributed by atoms with Crippen molar-refractivity contribution in [3.63, 3.8) is 0 Å². The molecule has 1 saturated carbocycles. The Labute approximate surface area is 79.4 Å². The molecule has 2 N–H and O–H groups in total. The molecule has 1 aliphatic carbocycles.